The largest absolute Gasteiger partial charge is 0.287 e. The molecule has 0 saturated heterocycles. The molecule has 0 spiro atoms. The number of rotatable bonds is 3. The van der Waals surface area contributed by atoms with E-state index >= 15 is 0 Å². The van der Waals surface area contributed by atoms with E-state index in [0.29, 0.717) is 16.3 Å². The average Bonchev–Trinajstić information content (AvgIpc) is 2.38. The lowest BCUT2D eigenvalue weighted by Gasteiger charge is -2.06. The molecule has 0 aliphatic rings. The number of pyridine rings is 1. The van der Waals surface area contributed by atoms with Crippen molar-refractivity contribution >= 4 is 17.4 Å². The molecule has 0 unspecified atom stereocenters. The Morgan fingerprint density at radius 3 is 2.71 bits per heavy atom. The van der Waals surface area contributed by atoms with Crippen LogP contribution in [0.1, 0.15) is 28.5 Å². The molecule has 0 N–H and O–H groups in total. The maximum Gasteiger partial charge on any atom is 0.213 e. The zero-order valence-electron chi connectivity index (χ0n) is 9.48. The van der Waals surface area contributed by atoms with Gasteiger partial charge < -0.3 is 0 Å². The van der Waals surface area contributed by atoms with E-state index in [1.54, 1.807) is 30.5 Å². The summed E-state index contributed by atoms with van der Waals surface area (Å²) in [6.07, 6.45) is 2.41. The van der Waals surface area contributed by atoms with E-state index in [1.807, 2.05) is 19.1 Å². The number of halogens is 1. The summed E-state index contributed by atoms with van der Waals surface area (Å²) in [5.74, 6) is -0.118. The van der Waals surface area contributed by atoms with Crippen LogP contribution in [0, 0.1) is 0 Å². The number of ketones is 1. The van der Waals surface area contributed by atoms with E-state index in [4.69, 9.17) is 11.6 Å². The van der Waals surface area contributed by atoms with E-state index in [2.05, 4.69) is 4.98 Å². The molecule has 2 rings (SSSR count). The van der Waals surface area contributed by atoms with Gasteiger partial charge in [0.15, 0.2) is 0 Å². The van der Waals surface area contributed by atoms with Gasteiger partial charge in [-0.2, -0.15) is 0 Å². The van der Waals surface area contributed by atoms with Crippen LogP contribution < -0.4 is 0 Å². The highest BCUT2D eigenvalue weighted by atomic mass is 35.5. The number of aromatic nitrogens is 1. The van der Waals surface area contributed by atoms with Crippen LogP contribution in [0.3, 0.4) is 0 Å². The molecule has 1 aromatic carbocycles. The van der Waals surface area contributed by atoms with Gasteiger partial charge in [-0.1, -0.05) is 36.7 Å². The van der Waals surface area contributed by atoms with Gasteiger partial charge in [-0.15, -0.1) is 0 Å². The fourth-order valence-corrected chi connectivity index (χ4v) is 1.92. The van der Waals surface area contributed by atoms with Crippen molar-refractivity contribution < 1.29 is 4.79 Å². The lowest BCUT2D eigenvalue weighted by Crippen LogP contribution is -2.08. The molecular formula is C14H12ClNO. The van der Waals surface area contributed by atoms with Crippen LogP contribution in [-0.2, 0) is 6.42 Å². The molecule has 2 nitrogen and oxygen atoms in total. The molecular weight excluding hydrogens is 234 g/mol. The lowest BCUT2D eigenvalue weighted by molar-refractivity contribution is 0.103. The topological polar surface area (TPSA) is 30.0 Å². The first-order valence-electron chi connectivity index (χ1n) is 5.47. The summed E-state index contributed by atoms with van der Waals surface area (Å²) < 4.78 is 0. The van der Waals surface area contributed by atoms with Crippen molar-refractivity contribution in [1.82, 2.24) is 4.98 Å². The fourth-order valence-electron chi connectivity index (χ4n) is 1.70. The summed E-state index contributed by atoms with van der Waals surface area (Å²) in [5.41, 5.74) is 1.93. The standard InChI is InChI=1S/C14H12ClNO/c1-2-10-6-5-9-16-13(10)14(17)11-7-3-4-8-12(11)15/h3-9H,2H2,1H3. The Bertz CT molecular complexity index is 551. The number of carbonyl (C=O) groups is 1. The van der Waals surface area contributed by atoms with Crippen LogP contribution >= 0.6 is 11.6 Å². The predicted molar refractivity (Wildman–Crippen MR) is 68.5 cm³/mol. The molecule has 0 aliphatic carbocycles. The number of aryl methyl sites for hydroxylation is 1. The smallest absolute Gasteiger partial charge is 0.213 e. The number of carbonyl (C=O) groups excluding carboxylic acids is 1. The first-order valence-corrected chi connectivity index (χ1v) is 5.85. The van der Waals surface area contributed by atoms with Gasteiger partial charge in [0.05, 0.1) is 5.02 Å². The van der Waals surface area contributed by atoms with Crippen molar-refractivity contribution in [3.05, 3.63) is 64.4 Å². The SMILES string of the molecule is CCc1cccnc1C(=O)c1ccccc1Cl. The van der Waals surface area contributed by atoms with Gasteiger partial charge in [-0.05, 0) is 30.2 Å². The Labute approximate surface area is 105 Å². The Hall–Kier alpha value is -1.67. The quantitative estimate of drug-likeness (QED) is 0.775. The normalized spacial score (nSPS) is 10.2. The van der Waals surface area contributed by atoms with Crippen LogP contribution in [0.25, 0.3) is 0 Å². The van der Waals surface area contributed by atoms with Crippen molar-refractivity contribution in [2.45, 2.75) is 13.3 Å². The summed E-state index contributed by atoms with van der Waals surface area (Å²) in [6.45, 7) is 2.00. The van der Waals surface area contributed by atoms with Crippen molar-refractivity contribution in [1.29, 1.82) is 0 Å². The van der Waals surface area contributed by atoms with E-state index < -0.39 is 0 Å². The second-order valence-electron chi connectivity index (χ2n) is 3.67. The van der Waals surface area contributed by atoms with Crippen molar-refractivity contribution in [3.63, 3.8) is 0 Å². The zero-order chi connectivity index (χ0) is 12.3. The minimum Gasteiger partial charge on any atom is -0.287 e. The molecule has 3 heteroatoms. The van der Waals surface area contributed by atoms with E-state index in [9.17, 15) is 4.79 Å². The minimum absolute atomic E-state index is 0.118. The molecule has 2 aromatic rings. The van der Waals surface area contributed by atoms with Gasteiger partial charge in [0.1, 0.15) is 5.69 Å². The average molecular weight is 246 g/mol. The first kappa shape index (κ1) is 11.8. The predicted octanol–water partition coefficient (Wildman–Crippen LogP) is 3.53. The molecule has 0 saturated carbocycles. The van der Waals surface area contributed by atoms with E-state index in [1.165, 1.54) is 0 Å². The van der Waals surface area contributed by atoms with Crippen LogP contribution in [-0.4, -0.2) is 10.8 Å². The monoisotopic (exact) mass is 245 g/mol. The van der Waals surface area contributed by atoms with Gasteiger partial charge in [0.2, 0.25) is 5.78 Å². The van der Waals surface area contributed by atoms with Gasteiger partial charge in [-0.3, -0.25) is 9.78 Å². The Kier molecular flexibility index (Phi) is 3.55. The highest BCUT2D eigenvalue weighted by Crippen LogP contribution is 2.19. The number of hydrogen-bond acceptors (Lipinski definition) is 2. The molecule has 0 aliphatic heterocycles. The highest BCUT2D eigenvalue weighted by Gasteiger charge is 2.16. The van der Waals surface area contributed by atoms with Crippen LogP contribution in [0.2, 0.25) is 5.02 Å². The Morgan fingerprint density at radius 1 is 1.24 bits per heavy atom. The maximum absolute atomic E-state index is 12.3. The van der Waals surface area contributed by atoms with Gasteiger partial charge in [-0.25, -0.2) is 0 Å². The molecule has 1 aromatic heterocycles. The summed E-state index contributed by atoms with van der Waals surface area (Å²) in [7, 11) is 0. The Morgan fingerprint density at radius 2 is 2.00 bits per heavy atom. The third kappa shape index (κ3) is 2.37. The molecule has 17 heavy (non-hydrogen) atoms. The molecule has 0 radical (unpaired) electrons. The highest BCUT2D eigenvalue weighted by molar-refractivity contribution is 6.34. The fraction of sp³-hybridized carbons (Fsp3) is 0.143. The van der Waals surface area contributed by atoms with Crippen molar-refractivity contribution in [3.8, 4) is 0 Å². The van der Waals surface area contributed by atoms with Crippen LogP contribution in [0.4, 0.5) is 0 Å². The minimum atomic E-state index is -0.118. The van der Waals surface area contributed by atoms with E-state index in [-0.39, 0.29) is 5.78 Å². The zero-order valence-corrected chi connectivity index (χ0v) is 10.2. The molecule has 0 bridgehead atoms. The van der Waals surface area contributed by atoms with E-state index in [0.717, 1.165) is 12.0 Å². The van der Waals surface area contributed by atoms with Crippen LogP contribution in [0.15, 0.2) is 42.6 Å². The Balaban J connectivity index is 2.48. The van der Waals surface area contributed by atoms with Gasteiger partial charge in [0.25, 0.3) is 0 Å². The molecule has 1 heterocycles. The molecule has 0 fully saturated rings. The van der Waals surface area contributed by atoms with Crippen LogP contribution in [0.5, 0.6) is 0 Å². The molecule has 0 atom stereocenters. The second kappa shape index (κ2) is 5.11. The maximum atomic E-state index is 12.3. The number of benzene rings is 1. The van der Waals surface area contributed by atoms with Crippen molar-refractivity contribution in [2.24, 2.45) is 0 Å². The third-order valence-corrected chi connectivity index (χ3v) is 2.94. The number of nitrogens with zero attached hydrogens (tertiary/aromatic N) is 1. The third-order valence-electron chi connectivity index (χ3n) is 2.61. The van der Waals surface area contributed by atoms with Gasteiger partial charge in [0, 0.05) is 11.8 Å². The molecule has 0 amide bonds. The summed E-state index contributed by atoms with van der Waals surface area (Å²) in [5, 5.41) is 0.463. The van der Waals surface area contributed by atoms with Crippen molar-refractivity contribution in [2.75, 3.05) is 0 Å². The summed E-state index contributed by atoms with van der Waals surface area (Å²) >= 11 is 6.02. The van der Waals surface area contributed by atoms with Gasteiger partial charge >= 0.3 is 0 Å². The summed E-state index contributed by atoms with van der Waals surface area (Å²) in [6, 6.07) is 10.8. The first-order chi connectivity index (χ1) is 8.24. The summed E-state index contributed by atoms with van der Waals surface area (Å²) in [4.78, 5) is 16.5. The second-order valence-corrected chi connectivity index (χ2v) is 4.08. The molecule has 86 valence electrons. The number of hydrogen-bond donors (Lipinski definition) is 0. The lowest BCUT2D eigenvalue weighted by atomic mass is 10.0.